The quantitative estimate of drug-likeness (QED) is 0.00386. The van der Waals surface area contributed by atoms with Gasteiger partial charge in [-0.15, -0.1) is 11.3 Å². The van der Waals surface area contributed by atoms with Crippen molar-refractivity contribution in [1.82, 2.24) is 77.5 Å². The molecular weight excluding hydrogens is 1870 g/mol. The standard InChI is InChI=1S/C88H123N19O28S3/c1-9-14-71(119)134-44-107(83(127)72(46(5)10-2)101-80(125)63-16-11-12-28-106(63)8)64(45(3)4)39-67(135-48(7)108)82-100-62(43-136-82)79(124)96-55(32-49-17-23-57(109)24-18-49)31-47(6)75(120)104-105-88(132)133-29-30-137-138-42-53(84(128)129)35-66(112)61(38-70(117)118)99-78(123)52(37-69(115)116)34-65(111)59(15-13-27-92-86(89)90)97-77(122)51(36-68(113)114)33-58(110)25-26-60(85(130)131)98-76(121)50-19-21-54(22-20-50)93-40-56-41-94-74-73(95-56)81(126)103-87(91)102-74/h17-24,41,43,45-47,51-53,55,59-61,63-64,67,72,75,93,104,109,120H,9-16,25-40,42,44H2,1-8H3,(H,96,124)(H,97,122)(H,98,121)(H,99,123)(H,101,125)(H,105,132)(H,113,114)(H,115,116)(H,117,118)(H,128,129)(H,130,131)(H4,89,90,92)(H3,91,94,102,103,126)/t46-,47-,51-,52-,53+,55+,59-,60-,61+,63+,64+,67+,72?,75+/m0/s1. The van der Waals surface area contributed by atoms with E-state index in [2.05, 4.69) is 73.0 Å². The molecule has 5 aromatic rings. The fourth-order valence-electron chi connectivity index (χ4n) is 14.7. The number of aliphatic hydroxyl groups is 1. The Labute approximate surface area is 805 Å². The number of fused-ring (bicyclic) bond motifs is 1. The third-order valence-corrected chi connectivity index (χ3v) is 25.8. The summed E-state index contributed by atoms with van der Waals surface area (Å²) in [7, 11) is 3.73. The zero-order valence-electron chi connectivity index (χ0n) is 77.6. The normalized spacial score (nSPS) is 15.4. The number of hydrogen-bond donors (Lipinski definition) is 20. The zero-order valence-corrected chi connectivity index (χ0v) is 80.0. The van der Waals surface area contributed by atoms with Gasteiger partial charge in [-0.2, -0.15) is 4.98 Å². The van der Waals surface area contributed by atoms with E-state index < -0.39 is 243 Å². The molecule has 1 aliphatic rings. The van der Waals surface area contributed by atoms with E-state index in [0.717, 1.165) is 45.8 Å². The molecule has 3 aromatic heterocycles. The number of nitrogens with two attached hydrogens (primary N) is 2. The lowest BCUT2D eigenvalue weighted by molar-refractivity contribution is -0.161. The molecule has 7 amide bonds. The van der Waals surface area contributed by atoms with Crippen LogP contribution in [0.3, 0.4) is 0 Å². The van der Waals surface area contributed by atoms with E-state index in [-0.39, 0.29) is 127 Å². The first kappa shape index (κ1) is 114. The second-order valence-corrected chi connectivity index (χ2v) is 37.2. The molecule has 1 saturated heterocycles. The number of nitrogens with one attached hydrogen (secondary N) is 11. The number of Topliss-reactive ketones (excluding diaryl/α,β-unsaturated/α-hetero) is 3. The van der Waals surface area contributed by atoms with Crippen molar-refractivity contribution >= 4 is 162 Å². The Morgan fingerprint density at radius 1 is 0.717 bits per heavy atom. The number of amides is 7. The maximum atomic E-state index is 15.1. The third-order valence-electron chi connectivity index (χ3n) is 22.4. The van der Waals surface area contributed by atoms with E-state index in [1.165, 1.54) is 59.8 Å². The van der Waals surface area contributed by atoms with Crippen molar-refractivity contribution in [3.63, 3.8) is 0 Å². The van der Waals surface area contributed by atoms with Gasteiger partial charge in [-0.05, 0) is 125 Å². The van der Waals surface area contributed by atoms with Crippen molar-refractivity contribution in [3.8, 4) is 5.75 Å². The number of aromatic amines is 1. The number of thiazole rings is 1. The van der Waals surface area contributed by atoms with Crippen LogP contribution in [0.25, 0.3) is 11.2 Å². The predicted molar refractivity (Wildman–Crippen MR) is 501 cm³/mol. The number of benzene rings is 2. The fraction of sp³-hybridized carbons (Fsp3) is 0.557. The second-order valence-electron chi connectivity index (χ2n) is 33.7. The van der Waals surface area contributed by atoms with E-state index in [4.69, 9.17) is 31.1 Å². The fourth-order valence-corrected chi connectivity index (χ4v) is 17.7. The number of hydrogen-bond acceptors (Lipinski definition) is 35. The number of likely N-dealkylation sites (tertiary alicyclic amines) is 1. The molecule has 2 aromatic carbocycles. The highest BCUT2D eigenvalue weighted by atomic mass is 33.1. The number of carboxylic acid groups (broad SMARTS) is 5. The minimum Gasteiger partial charge on any atom is -0.508 e. The summed E-state index contributed by atoms with van der Waals surface area (Å²) in [5.41, 5.74) is 16.4. The number of nitrogen functional groups attached to an aromatic ring is 1. The number of anilines is 2. The van der Waals surface area contributed by atoms with Gasteiger partial charge in [0, 0.05) is 92.2 Å². The summed E-state index contributed by atoms with van der Waals surface area (Å²) in [5.74, 6) is -25.3. The summed E-state index contributed by atoms with van der Waals surface area (Å²) in [6.45, 7) is 11.8. The van der Waals surface area contributed by atoms with Gasteiger partial charge < -0.3 is 104 Å². The summed E-state index contributed by atoms with van der Waals surface area (Å²) in [6, 6.07) is 3.27. The smallest absolute Gasteiger partial charge is 0.421 e. The molecule has 47 nitrogen and oxygen atoms in total. The van der Waals surface area contributed by atoms with E-state index in [9.17, 15) is 117 Å². The van der Waals surface area contributed by atoms with Gasteiger partial charge in [0.1, 0.15) is 47.2 Å². The summed E-state index contributed by atoms with van der Waals surface area (Å²) in [4.78, 5) is 262. The number of ketones is 3. The number of likely N-dealkylation sites (N-methyl/N-ethyl adjacent to an activating group) is 1. The monoisotopic (exact) mass is 1990 g/mol. The first-order chi connectivity index (χ1) is 65.3. The lowest BCUT2D eigenvalue weighted by atomic mass is 9.90. The number of phenolic OH excluding ortho intramolecular Hbond substituents is 1. The number of aromatic hydroxyl groups is 1. The number of phenols is 1. The Bertz CT molecular complexity index is 5130. The molecule has 0 radical (unpaired) electrons. The van der Waals surface area contributed by atoms with Gasteiger partial charge in [0.2, 0.25) is 29.6 Å². The van der Waals surface area contributed by atoms with Crippen molar-refractivity contribution in [2.75, 3.05) is 56.0 Å². The van der Waals surface area contributed by atoms with Gasteiger partial charge in [-0.25, -0.2) is 30.0 Å². The summed E-state index contributed by atoms with van der Waals surface area (Å²) in [6.07, 6.45) is -6.74. The van der Waals surface area contributed by atoms with Gasteiger partial charge >= 0.3 is 47.9 Å². The number of piperidine rings is 1. The number of aromatic nitrogens is 5. The molecule has 0 bridgehead atoms. The largest absolute Gasteiger partial charge is 0.508 e. The van der Waals surface area contributed by atoms with Crippen molar-refractivity contribution < 1.29 is 131 Å². The summed E-state index contributed by atoms with van der Waals surface area (Å²) >= 11 is 1.00. The number of rotatable bonds is 62. The number of guanidine groups is 1. The van der Waals surface area contributed by atoms with Crippen LogP contribution in [0.5, 0.6) is 5.75 Å². The van der Waals surface area contributed by atoms with E-state index in [1.54, 1.807) is 26.0 Å². The summed E-state index contributed by atoms with van der Waals surface area (Å²) in [5, 5.41) is 98.7. The highest BCUT2D eigenvalue weighted by molar-refractivity contribution is 8.76. The van der Waals surface area contributed by atoms with Crippen molar-refractivity contribution in [2.45, 2.75) is 232 Å². The van der Waals surface area contributed by atoms with Crippen LogP contribution in [0.4, 0.5) is 16.4 Å². The Hall–Kier alpha value is -13.1. The molecule has 138 heavy (non-hydrogen) atoms. The molecule has 14 atom stereocenters. The van der Waals surface area contributed by atoms with Crippen molar-refractivity contribution in [1.29, 1.82) is 5.41 Å². The second kappa shape index (κ2) is 57.2. The molecule has 4 heterocycles. The van der Waals surface area contributed by atoms with Gasteiger partial charge in [-0.1, -0.05) is 88.1 Å². The molecule has 50 heteroatoms. The van der Waals surface area contributed by atoms with E-state index in [1.807, 2.05) is 39.6 Å². The Kier molecular flexibility index (Phi) is 47.1. The van der Waals surface area contributed by atoms with Crippen LogP contribution in [0.2, 0.25) is 0 Å². The maximum absolute atomic E-state index is 15.1. The van der Waals surface area contributed by atoms with Gasteiger partial charge in [-0.3, -0.25) is 97.4 Å². The lowest BCUT2D eigenvalue weighted by Gasteiger charge is -2.39. The Balaban J connectivity index is 1.02. The van der Waals surface area contributed by atoms with Crippen LogP contribution in [0, 0.1) is 40.9 Å². The zero-order chi connectivity index (χ0) is 102. The molecule has 1 aliphatic heterocycles. The van der Waals surface area contributed by atoms with E-state index in [0.29, 0.717) is 42.8 Å². The van der Waals surface area contributed by atoms with Crippen LogP contribution in [-0.2, 0) is 94.3 Å². The minimum atomic E-state index is -2.03. The highest BCUT2D eigenvalue weighted by Gasteiger charge is 2.42. The summed E-state index contributed by atoms with van der Waals surface area (Å²) < 4.78 is 16.8. The number of carboxylic acids is 5. The highest BCUT2D eigenvalue weighted by Crippen LogP contribution is 2.34. The van der Waals surface area contributed by atoms with Gasteiger partial charge in [0.05, 0.1) is 73.6 Å². The van der Waals surface area contributed by atoms with Crippen LogP contribution in [0.15, 0.2) is 64.9 Å². The molecule has 22 N–H and O–H groups in total. The van der Waals surface area contributed by atoms with Crippen LogP contribution < -0.4 is 65.1 Å². The molecule has 0 saturated carbocycles. The molecule has 6 rings (SSSR count). The number of hydrazine groups is 1. The van der Waals surface area contributed by atoms with Gasteiger partial charge in [0.25, 0.3) is 17.4 Å². The van der Waals surface area contributed by atoms with Crippen LogP contribution >= 0.6 is 32.9 Å². The van der Waals surface area contributed by atoms with E-state index >= 15 is 4.79 Å². The Morgan fingerprint density at radius 3 is 1.99 bits per heavy atom. The predicted octanol–water partition coefficient (Wildman–Crippen LogP) is 3.66. The number of aliphatic hydroxyl groups excluding tert-OH is 1. The molecule has 0 aliphatic carbocycles. The average Bonchev–Trinajstić information content (AvgIpc) is 1.18. The first-order valence-corrected chi connectivity index (χ1v) is 48.0. The topological polar surface area (TPSA) is 735 Å². The molecule has 0 spiro atoms. The molecular formula is C88H123N19O28S3. The molecule has 1 unspecified atom stereocenters. The number of carbonyl (C=O) groups excluding carboxylic acids is 12. The number of carbonyl (C=O) groups is 17. The number of esters is 2. The third kappa shape index (κ3) is 38.8. The van der Waals surface area contributed by atoms with Crippen molar-refractivity contribution in [3.05, 3.63) is 98.0 Å². The minimum absolute atomic E-state index is 0.00344. The van der Waals surface area contributed by atoms with Gasteiger partial charge in [0.15, 0.2) is 41.5 Å². The number of H-pyrrole nitrogens is 1. The van der Waals surface area contributed by atoms with Crippen LogP contribution in [0.1, 0.15) is 207 Å². The molecule has 756 valence electrons. The SMILES string of the molecule is CCCC(=O)OCN(C(=O)C(NC(=O)[C@H]1CCCCN1C)[C@@H](C)CC)[C@H](C[C@@H](OC(C)=O)c1nc(C(=O)N[C@@H](Cc2ccc(O)cc2)C[C@H](C)[C@@H](O)NNC(=O)OCCSSC[C@@H](CC(=O)[C@@H](CC(=O)O)NC(=O)[C@H](CC(=O)O)CC(=O)[C@H](CCCNC(=N)N)NC(=O)[C@H](CC(=O)O)CC(=O)CC[C@H](NC(=O)c2ccc(NCc3cnc4nc(N)[nH]c(=O)c4n3)cc2)C(=O)O)C(=O)O)cs1)C(C)C. The average molecular weight is 1990 g/mol. The molecule has 1 fully saturated rings. The first-order valence-electron chi connectivity index (χ1n) is 44.7. The lowest BCUT2D eigenvalue weighted by Crippen LogP contribution is -2.59. The van der Waals surface area contributed by atoms with Crippen LogP contribution in [-0.4, -0.2) is 271 Å². The number of nitrogens with zero attached hydrogens (tertiary/aromatic N) is 6. The van der Waals surface area contributed by atoms with Crippen molar-refractivity contribution in [2.24, 2.45) is 41.2 Å². The maximum Gasteiger partial charge on any atom is 0.421 e. The number of ether oxygens (including phenoxy) is 3. The number of aliphatic carboxylic acids is 5. The Morgan fingerprint density at radius 2 is 1.37 bits per heavy atom.